The zero-order valence-corrected chi connectivity index (χ0v) is 11.8. The van der Waals surface area contributed by atoms with E-state index in [4.69, 9.17) is 29.1 Å². The van der Waals surface area contributed by atoms with E-state index in [-0.39, 0.29) is 13.0 Å². The number of H-pyrrole nitrogens is 1. The van der Waals surface area contributed by atoms with Gasteiger partial charge in [0.15, 0.2) is 5.75 Å². The quantitative estimate of drug-likeness (QED) is 0.271. The van der Waals surface area contributed by atoms with E-state index in [9.17, 15) is 19.8 Å². The van der Waals surface area contributed by atoms with Crippen LogP contribution in [0.15, 0.2) is 15.8 Å². The van der Waals surface area contributed by atoms with Crippen LogP contribution in [0.2, 0.25) is 0 Å². The standard InChI is InChI=1S/C9H12N2O6.H3O4P/c12-3-6-4(13)1-7(17-6)11-2-5(14)8(15)10-9(11)16;1-5(2,3)4/h2,4,6-7,12-14H,1,3H2,(H,10,15,16);(H3,1,2,3,4)/t4-,6+,7+;/m0./s1. The third kappa shape index (κ3) is 5.35. The Morgan fingerprint density at radius 2 is 1.91 bits per heavy atom. The van der Waals surface area contributed by atoms with Gasteiger partial charge in [0.1, 0.15) is 12.3 Å². The molecule has 1 aliphatic heterocycles. The lowest BCUT2D eigenvalue weighted by Crippen LogP contribution is -2.32. The van der Waals surface area contributed by atoms with Crippen molar-refractivity contribution in [3.05, 3.63) is 27.0 Å². The summed E-state index contributed by atoms with van der Waals surface area (Å²) in [5.41, 5.74) is -1.63. The van der Waals surface area contributed by atoms with Crippen LogP contribution in [-0.4, -0.2) is 58.4 Å². The molecule has 0 bridgehead atoms. The number of hydrogen-bond acceptors (Lipinski definition) is 7. The maximum absolute atomic E-state index is 11.5. The minimum atomic E-state index is -4.64. The Morgan fingerprint density at radius 3 is 2.36 bits per heavy atom. The Labute approximate surface area is 122 Å². The van der Waals surface area contributed by atoms with Gasteiger partial charge in [0.2, 0.25) is 0 Å². The molecule has 3 atom stereocenters. The molecule has 0 unspecified atom stereocenters. The smallest absolute Gasteiger partial charge is 0.466 e. The predicted molar refractivity (Wildman–Crippen MR) is 68.9 cm³/mol. The minimum Gasteiger partial charge on any atom is -0.502 e. The second kappa shape index (κ2) is 7.15. The monoisotopic (exact) mass is 342 g/mol. The topological polar surface area (TPSA) is 203 Å². The Morgan fingerprint density at radius 1 is 1.36 bits per heavy atom. The van der Waals surface area contributed by atoms with E-state index in [2.05, 4.69) is 0 Å². The van der Waals surface area contributed by atoms with Crippen molar-refractivity contribution in [3.8, 4) is 5.75 Å². The van der Waals surface area contributed by atoms with E-state index in [1.165, 1.54) is 0 Å². The molecule has 0 amide bonds. The van der Waals surface area contributed by atoms with E-state index in [0.717, 1.165) is 10.8 Å². The number of phosphoric acid groups is 1. The minimum absolute atomic E-state index is 0.0939. The average molecular weight is 342 g/mol. The zero-order valence-electron chi connectivity index (χ0n) is 10.9. The van der Waals surface area contributed by atoms with Crippen molar-refractivity contribution < 1.29 is 39.3 Å². The molecular weight excluding hydrogens is 327 g/mol. The van der Waals surface area contributed by atoms with Crippen LogP contribution < -0.4 is 11.2 Å². The fraction of sp³-hybridized carbons (Fsp3) is 0.556. The summed E-state index contributed by atoms with van der Waals surface area (Å²) in [7, 11) is -4.64. The molecule has 1 fully saturated rings. The molecule has 2 rings (SSSR count). The number of hydrogen-bond donors (Lipinski definition) is 7. The van der Waals surface area contributed by atoms with Crippen LogP contribution in [0, 0.1) is 0 Å². The van der Waals surface area contributed by atoms with Crippen molar-refractivity contribution in [1.29, 1.82) is 0 Å². The Balaban J connectivity index is 0.000000422. The van der Waals surface area contributed by atoms with Crippen LogP contribution in [-0.2, 0) is 9.30 Å². The maximum Gasteiger partial charge on any atom is 0.466 e. The molecule has 0 radical (unpaired) electrons. The first-order valence-corrected chi connectivity index (χ1v) is 7.36. The van der Waals surface area contributed by atoms with Gasteiger partial charge in [-0.3, -0.25) is 14.3 Å². The normalized spacial score (nSPS) is 24.7. The molecule has 0 aliphatic carbocycles. The summed E-state index contributed by atoms with van der Waals surface area (Å²) in [6.07, 6.45) is -1.46. The SMILES string of the molecule is O=P(O)(O)O.O=c1[nH]c(=O)n([C@H]2C[C@H](O)[C@@H](CO)O2)cc1O. The van der Waals surface area contributed by atoms with Crippen molar-refractivity contribution in [2.24, 2.45) is 0 Å². The first kappa shape index (κ1) is 18.5. The van der Waals surface area contributed by atoms with Crippen LogP contribution in [0.1, 0.15) is 12.6 Å². The summed E-state index contributed by atoms with van der Waals surface area (Å²) in [6.45, 7) is -0.373. The van der Waals surface area contributed by atoms with Gasteiger partial charge >= 0.3 is 13.5 Å². The highest BCUT2D eigenvalue weighted by atomic mass is 31.2. The molecule has 1 aliphatic rings. The molecule has 13 heteroatoms. The van der Waals surface area contributed by atoms with Crippen molar-refractivity contribution in [2.45, 2.75) is 24.9 Å². The second-order valence-corrected chi connectivity index (χ2v) is 5.34. The zero-order chi connectivity index (χ0) is 17.1. The summed E-state index contributed by atoms with van der Waals surface area (Å²) in [5, 5.41) is 27.6. The van der Waals surface area contributed by atoms with E-state index in [1.807, 2.05) is 4.98 Å². The first-order chi connectivity index (χ1) is 10.0. The van der Waals surface area contributed by atoms with E-state index >= 15 is 0 Å². The summed E-state index contributed by atoms with van der Waals surface area (Å²) in [4.78, 5) is 45.9. The van der Waals surface area contributed by atoms with Gasteiger partial charge < -0.3 is 34.7 Å². The van der Waals surface area contributed by atoms with Gasteiger partial charge in [-0.05, 0) is 0 Å². The number of ether oxygens (including phenoxy) is 1. The Hall–Kier alpha value is -1.53. The fourth-order valence-corrected chi connectivity index (χ4v) is 1.74. The first-order valence-electron chi connectivity index (χ1n) is 5.80. The molecule has 7 N–H and O–H groups in total. The predicted octanol–water partition coefficient (Wildman–Crippen LogP) is -3.05. The van der Waals surface area contributed by atoms with Gasteiger partial charge in [-0.25, -0.2) is 9.36 Å². The highest BCUT2D eigenvalue weighted by Crippen LogP contribution is 2.27. The molecular formula is C9H15N2O10P. The number of nitrogens with one attached hydrogen (secondary N) is 1. The summed E-state index contributed by atoms with van der Waals surface area (Å²) >= 11 is 0. The van der Waals surface area contributed by atoms with Crippen LogP contribution in [0.3, 0.4) is 0 Å². The Kier molecular flexibility index (Phi) is 6.02. The molecule has 2 heterocycles. The van der Waals surface area contributed by atoms with E-state index in [1.54, 1.807) is 0 Å². The van der Waals surface area contributed by atoms with Gasteiger partial charge in [0.05, 0.1) is 18.9 Å². The molecule has 22 heavy (non-hydrogen) atoms. The molecule has 12 nitrogen and oxygen atoms in total. The van der Waals surface area contributed by atoms with Crippen LogP contribution in [0.25, 0.3) is 0 Å². The number of aliphatic hydroxyl groups excluding tert-OH is 2. The van der Waals surface area contributed by atoms with Crippen LogP contribution in [0.5, 0.6) is 5.75 Å². The average Bonchev–Trinajstić information content (AvgIpc) is 2.73. The van der Waals surface area contributed by atoms with Gasteiger partial charge in [-0.2, -0.15) is 0 Å². The summed E-state index contributed by atoms with van der Waals surface area (Å²) in [6, 6.07) is 0. The third-order valence-corrected chi connectivity index (χ3v) is 2.64. The number of aliphatic hydroxyl groups is 2. The van der Waals surface area contributed by atoms with E-state index < -0.39 is 43.3 Å². The molecule has 1 aromatic heterocycles. The van der Waals surface area contributed by atoms with Gasteiger partial charge in [0.25, 0.3) is 5.56 Å². The maximum atomic E-state index is 11.5. The van der Waals surface area contributed by atoms with Crippen LogP contribution >= 0.6 is 7.82 Å². The molecule has 0 spiro atoms. The lowest BCUT2D eigenvalue weighted by atomic mass is 10.2. The fourth-order valence-electron chi connectivity index (χ4n) is 1.74. The number of aromatic hydroxyl groups is 1. The van der Waals surface area contributed by atoms with Gasteiger partial charge in [-0.15, -0.1) is 0 Å². The van der Waals surface area contributed by atoms with E-state index in [0.29, 0.717) is 0 Å². The van der Waals surface area contributed by atoms with Crippen LogP contribution in [0.4, 0.5) is 0 Å². The molecule has 0 aromatic carbocycles. The largest absolute Gasteiger partial charge is 0.502 e. The van der Waals surface area contributed by atoms with Crippen molar-refractivity contribution >= 4 is 7.82 Å². The molecule has 1 saturated heterocycles. The number of nitrogens with zero attached hydrogens (tertiary/aromatic N) is 1. The lowest BCUT2D eigenvalue weighted by molar-refractivity contribution is -0.0460. The molecule has 0 saturated carbocycles. The number of rotatable bonds is 2. The number of aromatic nitrogens is 2. The highest BCUT2D eigenvalue weighted by Gasteiger charge is 2.35. The highest BCUT2D eigenvalue weighted by molar-refractivity contribution is 7.45. The summed E-state index contributed by atoms with van der Waals surface area (Å²) in [5.74, 6) is -0.616. The molecule has 1 aromatic rings. The van der Waals surface area contributed by atoms with Crippen molar-refractivity contribution in [3.63, 3.8) is 0 Å². The van der Waals surface area contributed by atoms with Crippen molar-refractivity contribution in [2.75, 3.05) is 6.61 Å². The third-order valence-electron chi connectivity index (χ3n) is 2.64. The van der Waals surface area contributed by atoms with Gasteiger partial charge in [0, 0.05) is 6.42 Å². The summed E-state index contributed by atoms with van der Waals surface area (Å²) < 4.78 is 15.1. The van der Waals surface area contributed by atoms with Crippen molar-refractivity contribution in [1.82, 2.24) is 9.55 Å². The lowest BCUT2D eigenvalue weighted by Gasteiger charge is -2.14. The number of aromatic amines is 1. The second-order valence-electron chi connectivity index (χ2n) is 4.31. The Bertz CT molecular complexity index is 655. The van der Waals surface area contributed by atoms with Gasteiger partial charge in [-0.1, -0.05) is 0 Å². The molecule has 126 valence electrons.